The summed E-state index contributed by atoms with van der Waals surface area (Å²) in [6, 6.07) is -0.368. The van der Waals surface area contributed by atoms with E-state index in [4.69, 9.17) is 5.73 Å². The van der Waals surface area contributed by atoms with Crippen molar-refractivity contribution in [1.29, 1.82) is 0 Å². The zero-order chi connectivity index (χ0) is 11.6. The quantitative estimate of drug-likeness (QED) is 0.781. The molecule has 1 aliphatic carbocycles. The molecule has 16 heavy (non-hydrogen) atoms. The van der Waals surface area contributed by atoms with Crippen LogP contribution >= 0.6 is 12.4 Å². The van der Waals surface area contributed by atoms with E-state index in [0.717, 1.165) is 6.54 Å². The molecule has 1 saturated carbocycles. The van der Waals surface area contributed by atoms with Crippen LogP contribution in [-0.2, 0) is 4.79 Å². The molecule has 4 heteroatoms. The zero-order valence-corrected chi connectivity index (χ0v) is 11.6. The Bertz CT molecular complexity index is 237. The molecular weight excluding hydrogens is 224 g/mol. The second-order valence-electron chi connectivity index (χ2n) is 5.50. The summed E-state index contributed by atoms with van der Waals surface area (Å²) in [5, 5.41) is 2.98. The van der Waals surface area contributed by atoms with Gasteiger partial charge in [-0.15, -0.1) is 12.4 Å². The summed E-state index contributed by atoms with van der Waals surface area (Å²) in [5.74, 6) is 0.851. The van der Waals surface area contributed by atoms with Crippen LogP contribution in [0.15, 0.2) is 0 Å². The fraction of sp³-hybridized carbons (Fsp3) is 0.917. The van der Waals surface area contributed by atoms with E-state index in [2.05, 4.69) is 19.2 Å². The van der Waals surface area contributed by atoms with Crippen molar-refractivity contribution in [3.05, 3.63) is 0 Å². The molecule has 96 valence electrons. The average molecular weight is 249 g/mol. The average Bonchev–Trinajstić information content (AvgIpc) is 2.93. The van der Waals surface area contributed by atoms with Crippen LogP contribution < -0.4 is 11.1 Å². The summed E-state index contributed by atoms with van der Waals surface area (Å²) in [5.41, 5.74) is 6.14. The lowest BCUT2D eigenvalue weighted by molar-refractivity contribution is -0.123. The third kappa shape index (κ3) is 3.63. The summed E-state index contributed by atoms with van der Waals surface area (Å²) in [6.45, 7) is 9.19. The van der Waals surface area contributed by atoms with Gasteiger partial charge in [-0.1, -0.05) is 27.7 Å². The van der Waals surface area contributed by atoms with Crippen molar-refractivity contribution >= 4 is 18.3 Å². The number of carbonyl (C=O) groups is 1. The Kier molecular flexibility index (Phi) is 5.77. The molecule has 0 aromatic rings. The first-order valence-corrected chi connectivity index (χ1v) is 5.92. The molecule has 0 spiro atoms. The maximum Gasteiger partial charge on any atom is 0.237 e. The second-order valence-corrected chi connectivity index (χ2v) is 5.50. The lowest BCUT2D eigenvalue weighted by Crippen LogP contribution is -2.46. The van der Waals surface area contributed by atoms with Crippen molar-refractivity contribution in [2.45, 2.75) is 46.6 Å². The van der Waals surface area contributed by atoms with Gasteiger partial charge in [-0.05, 0) is 30.1 Å². The molecule has 0 aromatic heterocycles. The Morgan fingerprint density at radius 2 is 1.81 bits per heavy atom. The molecule has 0 bridgehead atoms. The first-order valence-electron chi connectivity index (χ1n) is 5.92. The molecule has 3 nitrogen and oxygen atoms in total. The maximum atomic E-state index is 11.6. The molecular formula is C12H25ClN2O. The molecule has 0 heterocycles. The van der Waals surface area contributed by atoms with Gasteiger partial charge in [0.2, 0.25) is 5.91 Å². The lowest BCUT2D eigenvalue weighted by Gasteiger charge is -2.22. The van der Waals surface area contributed by atoms with E-state index >= 15 is 0 Å². The Hall–Kier alpha value is -0.280. The van der Waals surface area contributed by atoms with E-state index in [1.807, 2.05) is 13.8 Å². The standard InChI is InChI=1S/C12H24N2O.ClH/c1-8(2)10(13)11(15)14-7-12(5-6-12)9(3)4;/h8-10H,5-7,13H2,1-4H3,(H,14,15);1H. The molecule has 0 saturated heterocycles. The molecule has 0 aliphatic heterocycles. The van der Waals surface area contributed by atoms with Crippen molar-refractivity contribution in [1.82, 2.24) is 5.32 Å². The van der Waals surface area contributed by atoms with Gasteiger partial charge in [0.15, 0.2) is 0 Å². The number of halogens is 1. The van der Waals surface area contributed by atoms with Gasteiger partial charge in [-0.2, -0.15) is 0 Å². The van der Waals surface area contributed by atoms with Gasteiger partial charge < -0.3 is 11.1 Å². The summed E-state index contributed by atoms with van der Waals surface area (Å²) in [6.07, 6.45) is 2.48. The SMILES string of the molecule is CC(C)C(N)C(=O)NCC1(C(C)C)CC1.Cl. The highest BCUT2D eigenvalue weighted by Crippen LogP contribution is 2.51. The summed E-state index contributed by atoms with van der Waals surface area (Å²) >= 11 is 0. The Balaban J connectivity index is 0.00000225. The van der Waals surface area contributed by atoms with Crippen LogP contribution in [0.5, 0.6) is 0 Å². The Labute approximate surface area is 105 Å². The van der Waals surface area contributed by atoms with Crippen molar-refractivity contribution in [2.75, 3.05) is 6.54 Å². The van der Waals surface area contributed by atoms with Gasteiger partial charge in [-0.3, -0.25) is 4.79 Å². The topological polar surface area (TPSA) is 55.1 Å². The van der Waals surface area contributed by atoms with E-state index in [0.29, 0.717) is 11.3 Å². The number of nitrogens with one attached hydrogen (secondary N) is 1. The number of carbonyl (C=O) groups excluding carboxylic acids is 1. The van der Waals surface area contributed by atoms with Crippen LogP contribution in [0.1, 0.15) is 40.5 Å². The maximum absolute atomic E-state index is 11.6. The van der Waals surface area contributed by atoms with Crippen LogP contribution in [0.4, 0.5) is 0 Å². The monoisotopic (exact) mass is 248 g/mol. The van der Waals surface area contributed by atoms with Crippen molar-refractivity contribution < 1.29 is 4.79 Å². The van der Waals surface area contributed by atoms with Crippen LogP contribution in [0.2, 0.25) is 0 Å². The molecule has 1 amide bonds. The molecule has 1 fully saturated rings. The number of hydrogen-bond acceptors (Lipinski definition) is 2. The van der Waals surface area contributed by atoms with Crippen molar-refractivity contribution in [3.63, 3.8) is 0 Å². The summed E-state index contributed by atoms with van der Waals surface area (Å²) < 4.78 is 0. The van der Waals surface area contributed by atoms with E-state index in [9.17, 15) is 4.79 Å². The van der Waals surface area contributed by atoms with Crippen molar-refractivity contribution in [2.24, 2.45) is 23.0 Å². The minimum Gasteiger partial charge on any atom is -0.354 e. The molecule has 1 unspecified atom stereocenters. The minimum atomic E-state index is -0.368. The Morgan fingerprint density at radius 3 is 2.12 bits per heavy atom. The molecule has 1 atom stereocenters. The largest absolute Gasteiger partial charge is 0.354 e. The third-order valence-electron chi connectivity index (χ3n) is 3.75. The van der Waals surface area contributed by atoms with Gasteiger partial charge in [0.25, 0.3) is 0 Å². The van der Waals surface area contributed by atoms with Gasteiger partial charge >= 0.3 is 0 Å². The zero-order valence-electron chi connectivity index (χ0n) is 10.7. The fourth-order valence-corrected chi connectivity index (χ4v) is 1.80. The van der Waals surface area contributed by atoms with Crippen LogP contribution in [0.25, 0.3) is 0 Å². The molecule has 0 aromatic carbocycles. The highest BCUT2D eigenvalue weighted by atomic mass is 35.5. The number of amides is 1. The highest BCUT2D eigenvalue weighted by Gasteiger charge is 2.45. The van der Waals surface area contributed by atoms with Gasteiger partial charge in [0.1, 0.15) is 0 Å². The van der Waals surface area contributed by atoms with E-state index in [-0.39, 0.29) is 30.3 Å². The molecule has 0 radical (unpaired) electrons. The fourth-order valence-electron chi connectivity index (χ4n) is 1.80. The predicted molar refractivity (Wildman–Crippen MR) is 69.6 cm³/mol. The smallest absolute Gasteiger partial charge is 0.237 e. The van der Waals surface area contributed by atoms with E-state index in [1.54, 1.807) is 0 Å². The summed E-state index contributed by atoms with van der Waals surface area (Å²) in [4.78, 5) is 11.6. The van der Waals surface area contributed by atoms with Crippen LogP contribution in [0.3, 0.4) is 0 Å². The molecule has 3 N–H and O–H groups in total. The number of hydrogen-bond donors (Lipinski definition) is 2. The van der Waals surface area contributed by atoms with Gasteiger partial charge in [0, 0.05) is 6.54 Å². The van der Waals surface area contributed by atoms with Gasteiger partial charge in [0.05, 0.1) is 6.04 Å². The number of rotatable bonds is 5. The minimum absolute atomic E-state index is 0. The Morgan fingerprint density at radius 1 is 1.31 bits per heavy atom. The lowest BCUT2D eigenvalue weighted by atomic mass is 9.92. The van der Waals surface area contributed by atoms with Crippen LogP contribution in [0, 0.1) is 17.3 Å². The third-order valence-corrected chi connectivity index (χ3v) is 3.75. The molecule has 1 rings (SSSR count). The number of nitrogens with two attached hydrogens (primary N) is 1. The summed E-state index contributed by atoms with van der Waals surface area (Å²) in [7, 11) is 0. The van der Waals surface area contributed by atoms with E-state index in [1.165, 1.54) is 12.8 Å². The first-order chi connectivity index (χ1) is 6.89. The van der Waals surface area contributed by atoms with Crippen molar-refractivity contribution in [3.8, 4) is 0 Å². The van der Waals surface area contributed by atoms with E-state index < -0.39 is 0 Å². The normalized spacial score (nSPS) is 19.2. The van der Waals surface area contributed by atoms with Crippen LogP contribution in [-0.4, -0.2) is 18.5 Å². The molecule has 1 aliphatic rings. The highest BCUT2D eigenvalue weighted by molar-refractivity contribution is 5.85. The second kappa shape index (κ2) is 5.87. The van der Waals surface area contributed by atoms with Gasteiger partial charge in [-0.25, -0.2) is 0 Å². The first kappa shape index (κ1) is 15.7. The predicted octanol–water partition coefficient (Wildman–Crippen LogP) is 1.94.